The predicted molar refractivity (Wildman–Crippen MR) is 47.9 cm³/mol. The maximum Gasteiger partial charge on any atom is 0.170 e. The van der Waals surface area contributed by atoms with Gasteiger partial charge in [0.25, 0.3) is 0 Å². The molecule has 0 unspecified atom stereocenters. The molecule has 0 spiro atoms. The number of aldehydes is 1. The van der Waals surface area contributed by atoms with Crippen molar-refractivity contribution < 1.29 is 4.79 Å². The third-order valence-corrected chi connectivity index (χ3v) is 1.59. The molecule has 0 radical (unpaired) electrons. The van der Waals surface area contributed by atoms with Gasteiger partial charge in [0.05, 0.1) is 5.69 Å². The topological polar surface area (TPSA) is 56.0 Å². The van der Waals surface area contributed by atoms with Crippen molar-refractivity contribution in [3.8, 4) is 0 Å². The molecule has 62 valence electrons. The zero-order valence-electron chi connectivity index (χ0n) is 6.66. The van der Waals surface area contributed by atoms with Gasteiger partial charge in [0.15, 0.2) is 6.29 Å². The van der Waals surface area contributed by atoms with E-state index >= 15 is 0 Å². The summed E-state index contributed by atoms with van der Waals surface area (Å²) in [6.45, 7) is 3.59. The zero-order chi connectivity index (χ0) is 8.97. The molecule has 0 aliphatic rings. The number of aromatic nitrogens is 1. The number of anilines is 1. The Kier molecular flexibility index (Phi) is 2.58. The number of hydrogen-bond donors (Lipinski definition) is 1. The van der Waals surface area contributed by atoms with Crippen LogP contribution >= 0.6 is 0 Å². The predicted octanol–water partition coefficient (Wildman–Crippen LogP) is 1.20. The van der Waals surface area contributed by atoms with E-state index in [1.807, 2.05) is 0 Å². The van der Waals surface area contributed by atoms with Crippen LogP contribution in [0.2, 0.25) is 0 Å². The van der Waals surface area contributed by atoms with Crippen LogP contribution in [0.25, 0.3) is 0 Å². The van der Waals surface area contributed by atoms with E-state index in [0.717, 1.165) is 5.56 Å². The van der Waals surface area contributed by atoms with Crippen molar-refractivity contribution in [3.63, 3.8) is 0 Å². The van der Waals surface area contributed by atoms with E-state index in [9.17, 15) is 4.79 Å². The Morgan fingerprint density at radius 2 is 2.42 bits per heavy atom. The minimum absolute atomic E-state index is 0.300. The largest absolute Gasteiger partial charge is 0.397 e. The maximum atomic E-state index is 10.4. The molecule has 3 nitrogen and oxygen atoms in total. The van der Waals surface area contributed by atoms with Crippen LogP contribution in [0.4, 0.5) is 5.69 Å². The fraction of sp³-hybridized carbons (Fsp3) is 0.111. The minimum atomic E-state index is 0.300. The van der Waals surface area contributed by atoms with Crippen LogP contribution in [0, 0.1) is 0 Å². The summed E-state index contributed by atoms with van der Waals surface area (Å²) in [4.78, 5) is 14.2. The van der Waals surface area contributed by atoms with Crippen molar-refractivity contribution >= 4 is 12.0 Å². The number of carbonyl (C=O) groups is 1. The molecule has 0 aromatic carbocycles. The minimum Gasteiger partial charge on any atom is -0.397 e. The number of nitrogen functional groups attached to an aromatic ring is 1. The number of allylic oxidation sites excluding steroid dienone is 1. The van der Waals surface area contributed by atoms with E-state index in [-0.39, 0.29) is 0 Å². The summed E-state index contributed by atoms with van der Waals surface area (Å²) in [5.41, 5.74) is 7.28. The second kappa shape index (κ2) is 3.67. The zero-order valence-corrected chi connectivity index (χ0v) is 6.66. The standard InChI is InChI=1S/C9H10N2O/c1-2-3-7-4-5-11-8(6-12)9(7)10/h2,4-6H,1,3,10H2. The molecule has 1 aromatic rings. The first-order chi connectivity index (χ1) is 5.79. The van der Waals surface area contributed by atoms with Crippen LogP contribution in [0.3, 0.4) is 0 Å². The lowest BCUT2D eigenvalue weighted by Gasteiger charge is -2.02. The summed E-state index contributed by atoms with van der Waals surface area (Å²) in [7, 11) is 0. The first-order valence-electron chi connectivity index (χ1n) is 3.59. The quantitative estimate of drug-likeness (QED) is 0.536. The van der Waals surface area contributed by atoms with Gasteiger partial charge in [0, 0.05) is 6.20 Å². The maximum absolute atomic E-state index is 10.4. The Morgan fingerprint density at radius 3 is 3.00 bits per heavy atom. The highest BCUT2D eigenvalue weighted by molar-refractivity contribution is 5.81. The smallest absolute Gasteiger partial charge is 0.170 e. The number of hydrogen-bond acceptors (Lipinski definition) is 3. The van der Waals surface area contributed by atoms with Crippen LogP contribution in [0.1, 0.15) is 16.1 Å². The molecular formula is C9H10N2O. The molecule has 0 amide bonds. The summed E-state index contributed by atoms with van der Waals surface area (Å²) in [6.07, 6.45) is 4.62. The summed E-state index contributed by atoms with van der Waals surface area (Å²) in [5.74, 6) is 0. The van der Waals surface area contributed by atoms with Gasteiger partial charge in [-0.1, -0.05) is 6.08 Å². The van der Waals surface area contributed by atoms with Crippen molar-refractivity contribution in [2.24, 2.45) is 0 Å². The number of nitrogens with zero attached hydrogens (tertiary/aromatic N) is 1. The lowest BCUT2D eigenvalue weighted by atomic mass is 10.1. The summed E-state index contributed by atoms with van der Waals surface area (Å²) in [5, 5.41) is 0. The van der Waals surface area contributed by atoms with Gasteiger partial charge < -0.3 is 5.73 Å². The molecule has 1 aromatic heterocycles. The molecule has 0 fully saturated rings. The first kappa shape index (κ1) is 8.46. The normalized spacial score (nSPS) is 9.33. The molecule has 0 aliphatic carbocycles. The molecule has 1 rings (SSSR count). The van der Waals surface area contributed by atoms with E-state index in [2.05, 4.69) is 11.6 Å². The van der Waals surface area contributed by atoms with Crippen LogP contribution in [0.5, 0.6) is 0 Å². The third-order valence-electron chi connectivity index (χ3n) is 1.59. The van der Waals surface area contributed by atoms with Gasteiger partial charge >= 0.3 is 0 Å². The van der Waals surface area contributed by atoms with Crippen LogP contribution < -0.4 is 5.73 Å². The fourth-order valence-electron chi connectivity index (χ4n) is 0.959. The number of nitrogens with two attached hydrogens (primary N) is 1. The molecule has 0 atom stereocenters. The Balaban J connectivity index is 3.12. The first-order valence-corrected chi connectivity index (χ1v) is 3.59. The van der Waals surface area contributed by atoms with E-state index < -0.39 is 0 Å². The van der Waals surface area contributed by atoms with Gasteiger partial charge in [-0.2, -0.15) is 0 Å². The Morgan fingerprint density at radius 1 is 1.67 bits per heavy atom. The van der Waals surface area contributed by atoms with Crippen molar-refractivity contribution in [2.45, 2.75) is 6.42 Å². The number of rotatable bonds is 3. The van der Waals surface area contributed by atoms with Crippen LogP contribution in [-0.2, 0) is 6.42 Å². The molecule has 0 saturated carbocycles. The van der Waals surface area contributed by atoms with E-state index in [1.54, 1.807) is 18.3 Å². The molecule has 0 aliphatic heterocycles. The average molecular weight is 162 g/mol. The van der Waals surface area contributed by atoms with Gasteiger partial charge in [0.1, 0.15) is 5.69 Å². The molecule has 12 heavy (non-hydrogen) atoms. The molecule has 1 heterocycles. The van der Waals surface area contributed by atoms with Crippen LogP contribution in [0.15, 0.2) is 24.9 Å². The van der Waals surface area contributed by atoms with E-state index in [1.165, 1.54) is 0 Å². The van der Waals surface area contributed by atoms with Crippen molar-refractivity contribution in [2.75, 3.05) is 5.73 Å². The fourth-order valence-corrected chi connectivity index (χ4v) is 0.959. The van der Waals surface area contributed by atoms with Gasteiger partial charge in [-0.05, 0) is 18.1 Å². The van der Waals surface area contributed by atoms with Gasteiger partial charge in [0.2, 0.25) is 0 Å². The molecule has 2 N–H and O–H groups in total. The second-order valence-corrected chi connectivity index (χ2v) is 2.38. The van der Waals surface area contributed by atoms with E-state index in [4.69, 9.17) is 5.73 Å². The van der Waals surface area contributed by atoms with Gasteiger partial charge in [-0.15, -0.1) is 6.58 Å². The SMILES string of the molecule is C=CCc1ccnc(C=O)c1N. The monoisotopic (exact) mass is 162 g/mol. The molecule has 0 bridgehead atoms. The summed E-state index contributed by atoms with van der Waals surface area (Å²) in [6, 6.07) is 1.78. The summed E-state index contributed by atoms with van der Waals surface area (Å²) >= 11 is 0. The van der Waals surface area contributed by atoms with E-state index in [0.29, 0.717) is 24.1 Å². The van der Waals surface area contributed by atoms with Crippen molar-refractivity contribution in [1.82, 2.24) is 4.98 Å². The van der Waals surface area contributed by atoms with Gasteiger partial charge in [-0.3, -0.25) is 9.78 Å². The Hall–Kier alpha value is -1.64. The molecule has 0 saturated heterocycles. The highest BCUT2D eigenvalue weighted by atomic mass is 16.1. The average Bonchev–Trinajstić information content (AvgIpc) is 2.09. The highest BCUT2D eigenvalue weighted by Gasteiger charge is 2.02. The molecular weight excluding hydrogens is 152 g/mol. The van der Waals surface area contributed by atoms with Crippen molar-refractivity contribution in [1.29, 1.82) is 0 Å². The Labute approximate surface area is 70.9 Å². The van der Waals surface area contributed by atoms with Crippen LogP contribution in [-0.4, -0.2) is 11.3 Å². The molecule has 3 heteroatoms. The lowest BCUT2D eigenvalue weighted by molar-refractivity contribution is 0.112. The van der Waals surface area contributed by atoms with Gasteiger partial charge in [-0.25, -0.2) is 0 Å². The lowest BCUT2D eigenvalue weighted by Crippen LogP contribution is -2.00. The van der Waals surface area contributed by atoms with Crippen molar-refractivity contribution in [3.05, 3.63) is 36.2 Å². The highest BCUT2D eigenvalue weighted by Crippen LogP contribution is 2.13. The second-order valence-electron chi connectivity index (χ2n) is 2.38. The number of carbonyl (C=O) groups excluding carboxylic acids is 1. The summed E-state index contributed by atoms with van der Waals surface area (Å²) < 4.78 is 0. The Bertz CT molecular complexity index is 307. The number of pyridine rings is 1. The third kappa shape index (κ3) is 1.50.